The van der Waals surface area contributed by atoms with E-state index in [1.807, 2.05) is 12.3 Å². The summed E-state index contributed by atoms with van der Waals surface area (Å²) in [6.45, 7) is 3.41. The number of aliphatic hydroxyl groups is 1. The zero-order valence-electron chi connectivity index (χ0n) is 11.1. The van der Waals surface area contributed by atoms with Gasteiger partial charge in [0, 0.05) is 35.3 Å². The largest absolute Gasteiger partial charge is 0.392 e. The summed E-state index contributed by atoms with van der Waals surface area (Å²) in [6, 6.07) is 0. The van der Waals surface area contributed by atoms with Crippen molar-refractivity contribution in [2.75, 3.05) is 6.54 Å². The van der Waals surface area contributed by atoms with E-state index in [4.69, 9.17) is 0 Å². The van der Waals surface area contributed by atoms with Gasteiger partial charge in [-0.15, -0.1) is 11.3 Å². The summed E-state index contributed by atoms with van der Waals surface area (Å²) in [4.78, 5) is 4.15. The number of aromatic amines is 1. The molecule has 1 unspecified atom stereocenters. The SMILES string of the molecule is Cc1[nH]nc(S(=O)(=O)NCC(C)c2nccs2)c1CO. The van der Waals surface area contributed by atoms with Crippen molar-refractivity contribution in [1.29, 1.82) is 0 Å². The molecule has 0 saturated heterocycles. The van der Waals surface area contributed by atoms with Crippen molar-refractivity contribution in [1.82, 2.24) is 19.9 Å². The first-order valence-electron chi connectivity index (χ1n) is 5.99. The molecule has 110 valence electrons. The molecule has 7 nitrogen and oxygen atoms in total. The number of hydrogen-bond acceptors (Lipinski definition) is 6. The third kappa shape index (κ3) is 3.06. The molecular formula is C11H16N4O3S2. The van der Waals surface area contributed by atoms with Gasteiger partial charge in [0.15, 0.2) is 5.03 Å². The fraction of sp³-hybridized carbons (Fsp3) is 0.455. The van der Waals surface area contributed by atoms with Gasteiger partial charge in [-0.1, -0.05) is 6.92 Å². The van der Waals surface area contributed by atoms with Gasteiger partial charge in [0.25, 0.3) is 10.0 Å². The topological polar surface area (TPSA) is 108 Å². The molecule has 2 heterocycles. The average molecular weight is 316 g/mol. The summed E-state index contributed by atoms with van der Waals surface area (Å²) >= 11 is 1.48. The Morgan fingerprint density at radius 1 is 1.55 bits per heavy atom. The van der Waals surface area contributed by atoms with Crippen LogP contribution in [0, 0.1) is 6.92 Å². The van der Waals surface area contributed by atoms with E-state index in [1.165, 1.54) is 11.3 Å². The monoisotopic (exact) mass is 316 g/mol. The van der Waals surface area contributed by atoms with E-state index in [1.54, 1.807) is 13.1 Å². The first-order chi connectivity index (χ1) is 9.45. The Morgan fingerprint density at radius 2 is 2.30 bits per heavy atom. The fourth-order valence-corrected chi connectivity index (χ4v) is 3.72. The molecule has 20 heavy (non-hydrogen) atoms. The maximum absolute atomic E-state index is 12.2. The summed E-state index contributed by atoms with van der Waals surface area (Å²) in [5.74, 6) is -0.0256. The minimum atomic E-state index is -3.74. The molecule has 3 N–H and O–H groups in total. The van der Waals surface area contributed by atoms with Crippen molar-refractivity contribution in [2.45, 2.75) is 31.4 Å². The van der Waals surface area contributed by atoms with Gasteiger partial charge in [-0.25, -0.2) is 18.1 Å². The van der Waals surface area contributed by atoms with E-state index in [0.29, 0.717) is 11.3 Å². The zero-order chi connectivity index (χ0) is 14.8. The molecule has 2 aromatic heterocycles. The fourth-order valence-electron chi connectivity index (χ4n) is 1.71. The molecule has 0 spiro atoms. The molecule has 0 radical (unpaired) electrons. The predicted molar refractivity (Wildman–Crippen MR) is 75.0 cm³/mol. The van der Waals surface area contributed by atoms with Gasteiger partial charge in [-0.2, -0.15) is 5.10 Å². The van der Waals surface area contributed by atoms with Gasteiger partial charge < -0.3 is 5.11 Å². The quantitative estimate of drug-likeness (QED) is 0.729. The molecule has 2 aromatic rings. The Hall–Kier alpha value is -1.29. The van der Waals surface area contributed by atoms with E-state index in [2.05, 4.69) is 19.9 Å². The van der Waals surface area contributed by atoms with Crippen molar-refractivity contribution in [2.24, 2.45) is 0 Å². The van der Waals surface area contributed by atoms with Crippen molar-refractivity contribution in [3.63, 3.8) is 0 Å². The second-order valence-corrected chi connectivity index (χ2v) is 7.02. The van der Waals surface area contributed by atoms with Crippen LogP contribution in [0.2, 0.25) is 0 Å². The molecule has 0 aliphatic heterocycles. The minimum absolute atomic E-state index is 0.0256. The Morgan fingerprint density at radius 3 is 2.90 bits per heavy atom. The maximum atomic E-state index is 12.2. The van der Waals surface area contributed by atoms with Crippen LogP contribution in [-0.4, -0.2) is 35.3 Å². The van der Waals surface area contributed by atoms with E-state index >= 15 is 0 Å². The van der Waals surface area contributed by atoms with Crippen LogP contribution in [0.3, 0.4) is 0 Å². The van der Waals surface area contributed by atoms with E-state index in [9.17, 15) is 13.5 Å². The molecule has 0 fully saturated rings. The van der Waals surface area contributed by atoms with E-state index < -0.39 is 10.0 Å². The van der Waals surface area contributed by atoms with Gasteiger partial charge in [0.2, 0.25) is 0 Å². The second kappa shape index (κ2) is 6.00. The first kappa shape index (κ1) is 15.1. The summed E-state index contributed by atoms with van der Waals surface area (Å²) < 4.78 is 26.9. The normalized spacial score (nSPS) is 13.6. The molecule has 0 bridgehead atoms. The number of aryl methyl sites for hydroxylation is 1. The van der Waals surface area contributed by atoms with Gasteiger partial charge in [0.05, 0.1) is 11.6 Å². The predicted octanol–water partition coefficient (Wildman–Crippen LogP) is 0.749. The van der Waals surface area contributed by atoms with Crippen molar-refractivity contribution in [3.05, 3.63) is 27.8 Å². The highest BCUT2D eigenvalue weighted by Gasteiger charge is 2.24. The zero-order valence-corrected chi connectivity index (χ0v) is 12.8. The second-order valence-electron chi connectivity index (χ2n) is 4.41. The molecule has 1 atom stereocenters. The molecule has 0 aromatic carbocycles. The van der Waals surface area contributed by atoms with Crippen LogP contribution in [0.15, 0.2) is 16.6 Å². The Bertz CT molecular complexity index is 664. The van der Waals surface area contributed by atoms with Gasteiger partial charge in [-0.05, 0) is 6.92 Å². The lowest BCUT2D eigenvalue weighted by Gasteiger charge is -2.10. The number of nitrogens with zero attached hydrogens (tertiary/aromatic N) is 2. The lowest BCUT2D eigenvalue weighted by atomic mass is 10.2. The standard InChI is InChI=1S/C11H16N4O3S2/c1-7(10-12-3-4-19-10)5-13-20(17,18)11-9(6-16)8(2)14-15-11/h3-4,7,13,16H,5-6H2,1-2H3,(H,14,15). The number of H-pyrrole nitrogens is 1. The number of hydrogen-bond donors (Lipinski definition) is 3. The summed E-state index contributed by atoms with van der Waals surface area (Å²) in [5, 5.41) is 18.1. The van der Waals surface area contributed by atoms with Crippen LogP contribution < -0.4 is 4.72 Å². The number of thiazole rings is 1. The first-order valence-corrected chi connectivity index (χ1v) is 8.35. The number of aromatic nitrogens is 3. The molecule has 9 heteroatoms. The number of nitrogens with one attached hydrogen (secondary N) is 2. The van der Waals surface area contributed by atoms with Crippen LogP contribution >= 0.6 is 11.3 Å². The van der Waals surface area contributed by atoms with E-state index in [0.717, 1.165) is 5.01 Å². The van der Waals surface area contributed by atoms with Crippen LogP contribution in [-0.2, 0) is 16.6 Å². The lowest BCUT2D eigenvalue weighted by Crippen LogP contribution is -2.28. The molecule has 0 saturated carbocycles. The average Bonchev–Trinajstić information content (AvgIpc) is 3.05. The Kier molecular flexibility index (Phi) is 4.53. The van der Waals surface area contributed by atoms with Crippen LogP contribution in [0.4, 0.5) is 0 Å². The Labute approximate surface area is 121 Å². The number of rotatable bonds is 6. The van der Waals surface area contributed by atoms with Crippen molar-refractivity contribution in [3.8, 4) is 0 Å². The molecular weight excluding hydrogens is 300 g/mol. The third-order valence-electron chi connectivity index (χ3n) is 2.90. The lowest BCUT2D eigenvalue weighted by molar-refractivity contribution is 0.277. The van der Waals surface area contributed by atoms with Crippen LogP contribution in [0.1, 0.15) is 29.1 Å². The highest BCUT2D eigenvalue weighted by Crippen LogP contribution is 2.19. The molecule has 2 rings (SSSR count). The summed E-state index contributed by atoms with van der Waals surface area (Å²) in [7, 11) is -3.74. The molecule has 0 amide bonds. The van der Waals surface area contributed by atoms with Gasteiger partial charge in [-0.3, -0.25) is 5.10 Å². The van der Waals surface area contributed by atoms with Crippen LogP contribution in [0.25, 0.3) is 0 Å². The molecule has 0 aliphatic rings. The van der Waals surface area contributed by atoms with Crippen molar-refractivity contribution < 1.29 is 13.5 Å². The van der Waals surface area contributed by atoms with Gasteiger partial charge in [0.1, 0.15) is 0 Å². The van der Waals surface area contributed by atoms with Gasteiger partial charge >= 0.3 is 0 Å². The highest BCUT2D eigenvalue weighted by molar-refractivity contribution is 7.89. The smallest absolute Gasteiger partial charge is 0.260 e. The molecule has 0 aliphatic carbocycles. The Balaban J connectivity index is 2.11. The summed E-state index contributed by atoms with van der Waals surface area (Å²) in [6.07, 6.45) is 1.69. The number of sulfonamides is 1. The summed E-state index contributed by atoms with van der Waals surface area (Å²) in [5.41, 5.74) is 0.834. The third-order valence-corrected chi connectivity index (χ3v) is 5.30. The van der Waals surface area contributed by atoms with Crippen LogP contribution in [0.5, 0.6) is 0 Å². The number of aliphatic hydroxyl groups excluding tert-OH is 1. The highest BCUT2D eigenvalue weighted by atomic mass is 32.2. The van der Waals surface area contributed by atoms with Crippen molar-refractivity contribution >= 4 is 21.4 Å². The van der Waals surface area contributed by atoms with E-state index in [-0.39, 0.29) is 24.1 Å². The maximum Gasteiger partial charge on any atom is 0.260 e. The minimum Gasteiger partial charge on any atom is -0.392 e.